The SMILES string of the molecule is CC(C)(C)ON=C(N)N=CCCC(N)C(=O)O. The lowest BCUT2D eigenvalue weighted by Gasteiger charge is -2.14. The van der Waals surface area contributed by atoms with Crippen LogP contribution in [0.15, 0.2) is 10.1 Å². The van der Waals surface area contributed by atoms with E-state index in [9.17, 15) is 4.79 Å². The topological polar surface area (TPSA) is 123 Å². The summed E-state index contributed by atoms with van der Waals surface area (Å²) in [6.45, 7) is 5.50. The largest absolute Gasteiger partial charge is 0.480 e. The number of carboxylic acids is 1. The average Bonchev–Trinajstić information content (AvgIpc) is 2.20. The zero-order valence-electron chi connectivity index (χ0n) is 10.4. The Morgan fingerprint density at radius 2 is 2.12 bits per heavy atom. The van der Waals surface area contributed by atoms with E-state index in [1.807, 2.05) is 20.8 Å². The molecule has 98 valence electrons. The smallest absolute Gasteiger partial charge is 0.320 e. The van der Waals surface area contributed by atoms with Crippen LogP contribution >= 0.6 is 0 Å². The van der Waals surface area contributed by atoms with Crippen LogP contribution in [0.3, 0.4) is 0 Å². The minimum absolute atomic E-state index is 0.0104. The summed E-state index contributed by atoms with van der Waals surface area (Å²) >= 11 is 0. The molecule has 0 saturated carbocycles. The molecule has 0 aliphatic carbocycles. The molecule has 0 fully saturated rings. The summed E-state index contributed by atoms with van der Waals surface area (Å²) in [6.07, 6.45) is 2.18. The molecule has 1 atom stereocenters. The molecular weight excluding hydrogens is 224 g/mol. The van der Waals surface area contributed by atoms with Crippen LogP contribution in [0.25, 0.3) is 0 Å². The number of oxime groups is 1. The number of carbonyl (C=O) groups is 1. The first kappa shape index (κ1) is 15.4. The van der Waals surface area contributed by atoms with Gasteiger partial charge >= 0.3 is 5.97 Å². The van der Waals surface area contributed by atoms with Gasteiger partial charge in [-0.15, -0.1) is 0 Å². The summed E-state index contributed by atoms with van der Waals surface area (Å²) in [5.74, 6) is -1.04. The third-order valence-corrected chi connectivity index (χ3v) is 1.56. The van der Waals surface area contributed by atoms with Crippen molar-refractivity contribution >= 4 is 18.1 Å². The van der Waals surface area contributed by atoms with Gasteiger partial charge in [0, 0.05) is 6.21 Å². The van der Waals surface area contributed by atoms with E-state index in [2.05, 4.69) is 10.1 Å². The van der Waals surface area contributed by atoms with Crippen LogP contribution < -0.4 is 11.5 Å². The lowest BCUT2D eigenvalue weighted by molar-refractivity contribution is -0.138. The molecule has 1 unspecified atom stereocenters. The number of guanidine groups is 1. The first-order valence-electron chi connectivity index (χ1n) is 5.25. The molecule has 0 radical (unpaired) electrons. The number of hydrogen-bond donors (Lipinski definition) is 3. The molecule has 0 aromatic rings. The van der Waals surface area contributed by atoms with Crippen molar-refractivity contribution in [2.75, 3.05) is 0 Å². The summed E-state index contributed by atoms with van der Waals surface area (Å²) < 4.78 is 0. The van der Waals surface area contributed by atoms with Gasteiger partial charge in [-0.05, 0) is 38.8 Å². The van der Waals surface area contributed by atoms with Gasteiger partial charge in [0.1, 0.15) is 11.6 Å². The first-order valence-corrected chi connectivity index (χ1v) is 5.25. The zero-order valence-corrected chi connectivity index (χ0v) is 10.4. The van der Waals surface area contributed by atoms with E-state index in [0.717, 1.165) is 0 Å². The standard InChI is InChI=1S/C10H20N4O3/c1-10(2,3)17-14-9(12)13-6-4-5-7(11)8(15)16/h6-7H,4-5,11H2,1-3H3,(H2,12,14)(H,15,16). The van der Waals surface area contributed by atoms with Crippen molar-refractivity contribution in [1.29, 1.82) is 0 Å². The molecule has 5 N–H and O–H groups in total. The molecule has 0 amide bonds. The second-order valence-corrected chi connectivity index (χ2v) is 4.49. The molecule has 0 rings (SSSR count). The Morgan fingerprint density at radius 3 is 2.59 bits per heavy atom. The van der Waals surface area contributed by atoms with Gasteiger partial charge in [0.2, 0.25) is 0 Å². The maximum Gasteiger partial charge on any atom is 0.320 e. The molecule has 0 aliphatic heterocycles. The Morgan fingerprint density at radius 1 is 1.53 bits per heavy atom. The van der Waals surface area contributed by atoms with Gasteiger partial charge in [-0.1, -0.05) is 0 Å². The molecular formula is C10H20N4O3. The predicted molar refractivity (Wildman–Crippen MR) is 65.8 cm³/mol. The quantitative estimate of drug-likeness (QED) is 0.364. The van der Waals surface area contributed by atoms with Crippen LogP contribution in [0, 0.1) is 0 Å². The number of aliphatic carboxylic acids is 1. The van der Waals surface area contributed by atoms with Gasteiger partial charge in [0.25, 0.3) is 5.96 Å². The Hall–Kier alpha value is -1.63. The first-order chi connectivity index (χ1) is 7.72. The minimum atomic E-state index is -1.03. The third-order valence-electron chi connectivity index (χ3n) is 1.56. The number of nitrogens with two attached hydrogens (primary N) is 2. The van der Waals surface area contributed by atoms with E-state index >= 15 is 0 Å². The zero-order chi connectivity index (χ0) is 13.5. The van der Waals surface area contributed by atoms with Gasteiger partial charge in [-0.2, -0.15) is 0 Å². The summed E-state index contributed by atoms with van der Waals surface area (Å²) in [6, 6.07) is -0.884. The minimum Gasteiger partial charge on any atom is -0.480 e. The number of carboxylic acid groups (broad SMARTS) is 1. The van der Waals surface area contributed by atoms with Crippen molar-refractivity contribution in [3.05, 3.63) is 0 Å². The van der Waals surface area contributed by atoms with Crippen molar-refractivity contribution in [1.82, 2.24) is 0 Å². The highest BCUT2D eigenvalue weighted by Crippen LogP contribution is 2.06. The molecule has 17 heavy (non-hydrogen) atoms. The average molecular weight is 244 g/mol. The van der Waals surface area contributed by atoms with Gasteiger partial charge in [0.05, 0.1) is 0 Å². The highest BCUT2D eigenvalue weighted by Gasteiger charge is 2.10. The predicted octanol–water partition coefficient (Wildman–Crippen LogP) is 0.294. The maximum atomic E-state index is 10.4. The third kappa shape index (κ3) is 9.31. The number of aliphatic imine (C=N–C) groups is 1. The van der Waals surface area contributed by atoms with Crippen LogP contribution in [0.2, 0.25) is 0 Å². The monoisotopic (exact) mass is 244 g/mol. The molecule has 7 nitrogen and oxygen atoms in total. The van der Waals surface area contributed by atoms with E-state index in [4.69, 9.17) is 21.4 Å². The molecule has 0 heterocycles. The Labute approximate surface area is 101 Å². The fourth-order valence-corrected chi connectivity index (χ4v) is 0.743. The van der Waals surface area contributed by atoms with Crippen molar-refractivity contribution < 1.29 is 14.7 Å². The van der Waals surface area contributed by atoms with Crippen LogP contribution in [-0.2, 0) is 9.63 Å². The molecule has 0 saturated heterocycles. The van der Waals surface area contributed by atoms with Crippen molar-refractivity contribution in [2.45, 2.75) is 45.3 Å². The number of rotatable bonds is 5. The van der Waals surface area contributed by atoms with Crippen molar-refractivity contribution in [3.8, 4) is 0 Å². The molecule has 0 aromatic carbocycles. The highest BCUT2D eigenvalue weighted by molar-refractivity contribution is 5.86. The van der Waals surface area contributed by atoms with Gasteiger partial charge < -0.3 is 21.4 Å². The maximum absolute atomic E-state index is 10.4. The Balaban J connectivity index is 3.96. The molecule has 0 aliphatic rings. The molecule has 0 aromatic heterocycles. The van der Waals surface area contributed by atoms with Crippen LogP contribution in [0.4, 0.5) is 0 Å². The highest BCUT2D eigenvalue weighted by atomic mass is 16.6. The second-order valence-electron chi connectivity index (χ2n) is 4.49. The van der Waals surface area contributed by atoms with E-state index < -0.39 is 17.6 Å². The normalized spacial score (nSPS) is 14.9. The Bertz CT molecular complexity index is 307. The van der Waals surface area contributed by atoms with Gasteiger partial charge in [-0.3, -0.25) is 4.79 Å². The lowest BCUT2D eigenvalue weighted by Crippen LogP contribution is -2.29. The van der Waals surface area contributed by atoms with Crippen LogP contribution in [-0.4, -0.2) is 34.9 Å². The lowest BCUT2D eigenvalue weighted by atomic mass is 10.2. The van der Waals surface area contributed by atoms with Crippen LogP contribution in [0.1, 0.15) is 33.6 Å². The van der Waals surface area contributed by atoms with Crippen molar-refractivity contribution in [2.24, 2.45) is 21.6 Å². The summed E-state index contributed by atoms with van der Waals surface area (Å²) in [4.78, 5) is 19.2. The fourth-order valence-electron chi connectivity index (χ4n) is 0.743. The number of hydrogen-bond acceptors (Lipinski definition) is 4. The molecule has 0 bridgehead atoms. The summed E-state index contributed by atoms with van der Waals surface area (Å²) in [7, 11) is 0. The van der Waals surface area contributed by atoms with Crippen molar-refractivity contribution in [3.63, 3.8) is 0 Å². The Kier molecular flexibility index (Phi) is 6.19. The van der Waals surface area contributed by atoms with Crippen LogP contribution in [0.5, 0.6) is 0 Å². The summed E-state index contributed by atoms with van der Waals surface area (Å²) in [5.41, 5.74) is 10.3. The van der Waals surface area contributed by atoms with E-state index in [1.54, 1.807) is 0 Å². The second kappa shape index (κ2) is 6.85. The van der Waals surface area contributed by atoms with Gasteiger partial charge in [-0.25, -0.2) is 4.99 Å². The summed E-state index contributed by atoms with van der Waals surface area (Å²) in [5, 5.41) is 12.1. The molecule has 0 spiro atoms. The fraction of sp³-hybridized carbons (Fsp3) is 0.700. The number of nitrogens with zero attached hydrogens (tertiary/aromatic N) is 2. The van der Waals surface area contributed by atoms with E-state index in [0.29, 0.717) is 12.8 Å². The van der Waals surface area contributed by atoms with E-state index in [-0.39, 0.29) is 5.96 Å². The van der Waals surface area contributed by atoms with E-state index in [1.165, 1.54) is 6.21 Å². The molecule has 7 heteroatoms. The van der Waals surface area contributed by atoms with Gasteiger partial charge in [0.15, 0.2) is 0 Å².